The number of thioether (sulfide) groups is 1. The molecule has 0 aliphatic heterocycles. The third-order valence-corrected chi connectivity index (χ3v) is 5.68. The molecule has 0 saturated carbocycles. The van der Waals surface area contributed by atoms with E-state index >= 15 is 0 Å². The summed E-state index contributed by atoms with van der Waals surface area (Å²) in [5, 5.41) is 0. The quantitative estimate of drug-likeness (QED) is 0.374. The topological polar surface area (TPSA) is 55.6 Å². The Hall–Kier alpha value is -2.97. The summed E-state index contributed by atoms with van der Waals surface area (Å²) in [7, 11) is 0. The van der Waals surface area contributed by atoms with Crippen molar-refractivity contribution in [1.29, 1.82) is 0 Å². The number of carbonyl (C=O) groups is 1. The second-order valence-corrected chi connectivity index (χ2v) is 8.40. The van der Waals surface area contributed by atoms with Crippen molar-refractivity contribution in [1.82, 2.24) is 4.90 Å². The van der Waals surface area contributed by atoms with E-state index in [-0.39, 0.29) is 29.1 Å². The lowest BCUT2D eigenvalue weighted by atomic mass is 10.1. The molecule has 0 aromatic heterocycles. The number of hydrogen-bond acceptors (Lipinski definition) is 4. The molecule has 0 fully saturated rings. The van der Waals surface area contributed by atoms with Gasteiger partial charge in [-0.3, -0.25) is 4.79 Å². The van der Waals surface area contributed by atoms with E-state index in [0.717, 1.165) is 5.56 Å². The molecule has 0 saturated heterocycles. The first kappa shape index (κ1) is 24.7. The van der Waals surface area contributed by atoms with Gasteiger partial charge in [0, 0.05) is 18.0 Å². The highest BCUT2D eigenvalue weighted by atomic mass is 32.2. The lowest BCUT2D eigenvalue weighted by Gasteiger charge is -2.25. The van der Waals surface area contributed by atoms with E-state index in [1.807, 2.05) is 30.3 Å². The van der Waals surface area contributed by atoms with Gasteiger partial charge in [-0.05, 0) is 54.1 Å². The Morgan fingerprint density at radius 2 is 1.61 bits per heavy atom. The van der Waals surface area contributed by atoms with Crippen molar-refractivity contribution >= 4 is 17.7 Å². The van der Waals surface area contributed by atoms with Gasteiger partial charge in [-0.25, -0.2) is 0 Å². The molecule has 0 spiro atoms. The zero-order valence-corrected chi connectivity index (χ0v) is 18.7. The lowest BCUT2D eigenvalue weighted by molar-refractivity contribution is -0.0328. The molecule has 0 radical (unpaired) electrons. The normalized spacial score (nSPS) is 11.3. The van der Waals surface area contributed by atoms with Crippen LogP contribution in [-0.4, -0.2) is 29.4 Å². The standard InChI is InChI=1S/C25H25F3N2O2S/c26-25(27,28)33-23-14-7-4-11-20(23)17-30(16-8-15-29)24(31)21-12-5-6-13-22(21)32-18-19-9-2-1-3-10-19/h1-7,9-14H,8,15-18,29H2. The molecular weight excluding hydrogens is 449 g/mol. The Morgan fingerprint density at radius 3 is 2.33 bits per heavy atom. The number of hydrogen-bond donors (Lipinski definition) is 1. The largest absolute Gasteiger partial charge is 0.488 e. The van der Waals surface area contributed by atoms with Crippen molar-refractivity contribution in [3.05, 3.63) is 95.6 Å². The number of alkyl halides is 3. The van der Waals surface area contributed by atoms with Gasteiger partial charge in [0.1, 0.15) is 12.4 Å². The summed E-state index contributed by atoms with van der Waals surface area (Å²) in [5.74, 6) is 0.0981. The Kier molecular flexibility index (Phi) is 8.79. The van der Waals surface area contributed by atoms with Gasteiger partial charge in [-0.1, -0.05) is 60.7 Å². The van der Waals surface area contributed by atoms with E-state index in [0.29, 0.717) is 43.0 Å². The van der Waals surface area contributed by atoms with Crippen molar-refractivity contribution in [3.8, 4) is 5.75 Å². The first-order chi connectivity index (χ1) is 15.9. The molecule has 3 aromatic carbocycles. The maximum Gasteiger partial charge on any atom is 0.446 e. The van der Waals surface area contributed by atoms with E-state index in [1.54, 1.807) is 42.5 Å². The number of amides is 1. The van der Waals surface area contributed by atoms with Gasteiger partial charge in [0.15, 0.2) is 0 Å². The molecule has 33 heavy (non-hydrogen) atoms. The molecule has 1 amide bonds. The van der Waals surface area contributed by atoms with Gasteiger partial charge in [0.05, 0.1) is 5.56 Å². The van der Waals surface area contributed by atoms with E-state index in [4.69, 9.17) is 10.5 Å². The number of para-hydroxylation sites is 1. The third-order valence-electron chi connectivity index (χ3n) is 4.83. The Bertz CT molecular complexity index is 1050. The number of ether oxygens (including phenoxy) is 1. The first-order valence-electron chi connectivity index (χ1n) is 10.5. The maximum absolute atomic E-state index is 13.5. The second-order valence-electron chi connectivity index (χ2n) is 7.29. The molecule has 3 rings (SSSR count). The van der Waals surface area contributed by atoms with Gasteiger partial charge in [-0.2, -0.15) is 13.2 Å². The van der Waals surface area contributed by atoms with Crippen LogP contribution in [0.5, 0.6) is 5.75 Å². The average molecular weight is 475 g/mol. The smallest absolute Gasteiger partial charge is 0.446 e. The molecule has 0 aliphatic carbocycles. The van der Waals surface area contributed by atoms with Gasteiger partial charge in [0.25, 0.3) is 5.91 Å². The number of nitrogens with two attached hydrogens (primary N) is 1. The first-order valence-corrected chi connectivity index (χ1v) is 11.3. The van der Waals surface area contributed by atoms with Crippen LogP contribution in [0.1, 0.15) is 27.9 Å². The maximum atomic E-state index is 13.5. The molecule has 0 unspecified atom stereocenters. The van der Waals surface area contributed by atoms with Crippen molar-refractivity contribution in [2.45, 2.75) is 30.0 Å². The van der Waals surface area contributed by atoms with E-state index < -0.39 is 5.51 Å². The zero-order valence-electron chi connectivity index (χ0n) is 17.9. The van der Waals surface area contributed by atoms with Gasteiger partial charge >= 0.3 is 5.51 Å². The van der Waals surface area contributed by atoms with Crippen molar-refractivity contribution in [3.63, 3.8) is 0 Å². The number of halogens is 3. The van der Waals surface area contributed by atoms with Crippen LogP contribution in [-0.2, 0) is 13.2 Å². The minimum absolute atomic E-state index is 0.0328. The van der Waals surface area contributed by atoms with E-state index in [9.17, 15) is 18.0 Å². The SMILES string of the molecule is NCCCN(Cc1ccccc1SC(F)(F)F)C(=O)c1ccccc1OCc1ccccc1. The predicted octanol–water partition coefficient (Wildman–Crippen LogP) is 5.87. The number of nitrogens with zero attached hydrogens (tertiary/aromatic N) is 1. The number of rotatable bonds is 10. The van der Waals surface area contributed by atoms with Crippen LogP contribution < -0.4 is 10.5 Å². The summed E-state index contributed by atoms with van der Waals surface area (Å²) in [6, 6.07) is 22.7. The number of benzene rings is 3. The van der Waals surface area contributed by atoms with Crippen LogP contribution >= 0.6 is 11.8 Å². The Balaban J connectivity index is 1.83. The summed E-state index contributed by atoms with van der Waals surface area (Å²) < 4.78 is 44.9. The average Bonchev–Trinajstić information content (AvgIpc) is 2.81. The molecule has 4 nitrogen and oxygen atoms in total. The van der Waals surface area contributed by atoms with Gasteiger partial charge in [-0.15, -0.1) is 0 Å². The molecule has 0 bridgehead atoms. The second kappa shape index (κ2) is 11.8. The molecule has 0 aliphatic rings. The fourth-order valence-corrected chi connectivity index (χ4v) is 3.93. The highest BCUT2D eigenvalue weighted by Crippen LogP contribution is 2.39. The summed E-state index contributed by atoms with van der Waals surface area (Å²) >= 11 is -0.178. The monoisotopic (exact) mass is 474 g/mol. The fraction of sp³-hybridized carbons (Fsp3) is 0.240. The van der Waals surface area contributed by atoms with Gasteiger partial charge < -0.3 is 15.4 Å². The summed E-state index contributed by atoms with van der Waals surface area (Å²) in [5.41, 5.74) is 2.97. The molecular formula is C25H25F3N2O2S. The summed E-state index contributed by atoms with van der Waals surface area (Å²) in [6.07, 6.45) is 0.521. The summed E-state index contributed by atoms with van der Waals surface area (Å²) in [6.45, 7) is 0.992. The molecule has 174 valence electrons. The van der Waals surface area contributed by atoms with Crippen LogP contribution in [0, 0.1) is 0 Å². The molecule has 0 atom stereocenters. The predicted molar refractivity (Wildman–Crippen MR) is 124 cm³/mol. The molecule has 2 N–H and O–H groups in total. The van der Waals surface area contributed by atoms with E-state index in [1.165, 1.54) is 11.0 Å². The minimum Gasteiger partial charge on any atom is -0.488 e. The third kappa shape index (κ3) is 7.54. The van der Waals surface area contributed by atoms with Crippen LogP contribution in [0.4, 0.5) is 13.2 Å². The molecule has 0 heterocycles. The van der Waals surface area contributed by atoms with Gasteiger partial charge in [0.2, 0.25) is 0 Å². The van der Waals surface area contributed by atoms with E-state index in [2.05, 4.69) is 0 Å². The Labute approximate surface area is 195 Å². The van der Waals surface area contributed by atoms with Crippen LogP contribution in [0.2, 0.25) is 0 Å². The minimum atomic E-state index is -4.42. The molecule has 8 heteroatoms. The zero-order chi connectivity index (χ0) is 23.7. The summed E-state index contributed by atoms with van der Waals surface area (Å²) in [4.78, 5) is 15.1. The highest BCUT2D eigenvalue weighted by molar-refractivity contribution is 8.00. The number of carbonyl (C=O) groups excluding carboxylic acids is 1. The van der Waals surface area contributed by atoms with Crippen molar-refractivity contribution in [2.24, 2.45) is 5.73 Å². The van der Waals surface area contributed by atoms with Crippen LogP contribution in [0.15, 0.2) is 83.8 Å². The lowest BCUT2D eigenvalue weighted by Crippen LogP contribution is -2.33. The van der Waals surface area contributed by atoms with Crippen LogP contribution in [0.25, 0.3) is 0 Å². The Morgan fingerprint density at radius 1 is 0.939 bits per heavy atom. The highest BCUT2D eigenvalue weighted by Gasteiger charge is 2.31. The van der Waals surface area contributed by atoms with Crippen molar-refractivity contribution in [2.75, 3.05) is 13.1 Å². The van der Waals surface area contributed by atoms with Crippen molar-refractivity contribution < 1.29 is 22.7 Å². The van der Waals surface area contributed by atoms with Crippen LogP contribution in [0.3, 0.4) is 0 Å². The fourth-order valence-electron chi connectivity index (χ4n) is 3.27. The molecule has 3 aromatic rings.